The van der Waals surface area contributed by atoms with Gasteiger partial charge in [-0.1, -0.05) is 19.3 Å². The molecule has 7 heteroatoms. The predicted molar refractivity (Wildman–Crippen MR) is 76.5 cm³/mol. The Morgan fingerprint density at radius 2 is 1.90 bits per heavy atom. The number of hydrogen-bond donors (Lipinski definition) is 1. The lowest BCUT2D eigenvalue weighted by Gasteiger charge is -2.23. The van der Waals surface area contributed by atoms with Crippen LogP contribution in [0.5, 0.6) is 0 Å². The molecule has 0 bridgehead atoms. The van der Waals surface area contributed by atoms with Crippen LogP contribution >= 0.6 is 12.4 Å². The van der Waals surface area contributed by atoms with E-state index in [9.17, 15) is 13.2 Å². The average molecular weight is 324 g/mol. The Morgan fingerprint density at radius 1 is 1.19 bits per heavy atom. The van der Waals surface area contributed by atoms with Crippen LogP contribution in [0.3, 0.4) is 0 Å². The third-order valence-corrected chi connectivity index (χ3v) is 4.44. The molecule has 0 atom stereocenters. The number of nitrogens with zero attached hydrogens (tertiary/aromatic N) is 2. The van der Waals surface area contributed by atoms with E-state index in [2.05, 4.69) is 10.4 Å². The summed E-state index contributed by atoms with van der Waals surface area (Å²) in [7, 11) is 0. The highest BCUT2D eigenvalue weighted by Crippen LogP contribution is 2.34. The predicted octanol–water partition coefficient (Wildman–Crippen LogP) is 3.55. The SMILES string of the molecule is Cl.FC(F)(F)c1nn(CC2CCCCC2)c2c1CCNC2. The Balaban J connectivity index is 0.00000161. The van der Waals surface area contributed by atoms with E-state index in [1.165, 1.54) is 19.3 Å². The molecule has 1 aromatic rings. The molecule has 0 amide bonds. The van der Waals surface area contributed by atoms with Gasteiger partial charge in [-0.05, 0) is 31.7 Å². The molecule has 2 aliphatic rings. The first-order valence-corrected chi connectivity index (χ1v) is 7.42. The molecular formula is C14H21ClF3N3. The molecule has 1 fully saturated rings. The van der Waals surface area contributed by atoms with Crippen LogP contribution in [0.1, 0.15) is 49.1 Å². The molecular weight excluding hydrogens is 303 g/mol. The first kappa shape index (κ1) is 16.6. The Labute approximate surface area is 128 Å². The summed E-state index contributed by atoms with van der Waals surface area (Å²) in [5, 5.41) is 7.06. The summed E-state index contributed by atoms with van der Waals surface area (Å²) >= 11 is 0. The van der Waals surface area contributed by atoms with Gasteiger partial charge in [0.15, 0.2) is 5.69 Å². The third-order valence-electron chi connectivity index (χ3n) is 4.44. The van der Waals surface area contributed by atoms with Gasteiger partial charge in [-0.3, -0.25) is 4.68 Å². The highest BCUT2D eigenvalue weighted by atomic mass is 35.5. The van der Waals surface area contributed by atoms with Crippen LogP contribution in [-0.4, -0.2) is 16.3 Å². The summed E-state index contributed by atoms with van der Waals surface area (Å²) < 4.78 is 40.8. The molecule has 1 N–H and O–H groups in total. The zero-order chi connectivity index (χ0) is 14.2. The van der Waals surface area contributed by atoms with E-state index in [4.69, 9.17) is 0 Å². The average Bonchev–Trinajstić information content (AvgIpc) is 2.79. The molecule has 0 radical (unpaired) electrons. The summed E-state index contributed by atoms with van der Waals surface area (Å²) in [6.07, 6.45) is 1.96. The van der Waals surface area contributed by atoms with Gasteiger partial charge >= 0.3 is 6.18 Å². The summed E-state index contributed by atoms with van der Waals surface area (Å²) in [5.41, 5.74) is 0.492. The summed E-state index contributed by atoms with van der Waals surface area (Å²) in [6, 6.07) is 0. The number of rotatable bonds is 2. The molecule has 0 aromatic carbocycles. The quantitative estimate of drug-likeness (QED) is 0.902. The fourth-order valence-electron chi connectivity index (χ4n) is 3.41. The minimum atomic E-state index is -4.33. The second-order valence-electron chi connectivity index (χ2n) is 5.88. The van der Waals surface area contributed by atoms with Crippen LogP contribution in [0.2, 0.25) is 0 Å². The van der Waals surface area contributed by atoms with E-state index in [1.54, 1.807) is 4.68 Å². The molecule has 120 valence electrons. The number of alkyl halides is 3. The second kappa shape index (κ2) is 6.57. The van der Waals surface area contributed by atoms with Crippen molar-refractivity contribution < 1.29 is 13.2 Å². The first-order valence-electron chi connectivity index (χ1n) is 7.42. The lowest BCUT2D eigenvalue weighted by Crippen LogP contribution is -2.27. The maximum Gasteiger partial charge on any atom is 0.435 e. The monoisotopic (exact) mass is 323 g/mol. The fourth-order valence-corrected chi connectivity index (χ4v) is 3.41. The molecule has 0 unspecified atom stereocenters. The second-order valence-corrected chi connectivity index (χ2v) is 5.88. The van der Waals surface area contributed by atoms with Crippen LogP contribution in [0.25, 0.3) is 0 Å². The van der Waals surface area contributed by atoms with Crippen molar-refractivity contribution in [2.75, 3.05) is 6.54 Å². The van der Waals surface area contributed by atoms with Gasteiger partial charge in [0.2, 0.25) is 0 Å². The van der Waals surface area contributed by atoms with Crippen molar-refractivity contribution in [1.29, 1.82) is 0 Å². The smallest absolute Gasteiger partial charge is 0.311 e. The van der Waals surface area contributed by atoms with Crippen molar-refractivity contribution in [2.45, 2.75) is 57.8 Å². The molecule has 1 aliphatic carbocycles. The van der Waals surface area contributed by atoms with Crippen molar-refractivity contribution in [2.24, 2.45) is 5.92 Å². The van der Waals surface area contributed by atoms with Crippen LogP contribution in [-0.2, 0) is 25.7 Å². The molecule has 1 aromatic heterocycles. The number of aromatic nitrogens is 2. The van der Waals surface area contributed by atoms with Crippen molar-refractivity contribution in [3.05, 3.63) is 17.0 Å². The Morgan fingerprint density at radius 3 is 2.57 bits per heavy atom. The summed E-state index contributed by atoms with van der Waals surface area (Å²) in [4.78, 5) is 0. The topological polar surface area (TPSA) is 29.9 Å². The van der Waals surface area contributed by atoms with E-state index in [-0.39, 0.29) is 12.4 Å². The third kappa shape index (κ3) is 3.54. The largest absolute Gasteiger partial charge is 0.435 e. The Hall–Kier alpha value is -0.750. The normalized spacial score (nSPS) is 20.0. The number of halogens is 4. The maximum absolute atomic E-state index is 13.1. The zero-order valence-electron chi connectivity index (χ0n) is 11.9. The van der Waals surface area contributed by atoms with E-state index in [0.29, 0.717) is 37.5 Å². The van der Waals surface area contributed by atoms with E-state index in [1.807, 2.05) is 0 Å². The van der Waals surface area contributed by atoms with Gasteiger partial charge in [0.05, 0.1) is 5.69 Å². The summed E-state index contributed by atoms with van der Waals surface area (Å²) in [5.74, 6) is 0.482. The van der Waals surface area contributed by atoms with Crippen molar-refractivity contribution in [3.8, 4) is 0 Å². The fraction of sp³-hybridized carbons (Fsp3) is 0.786. The lowest BCUT2D eigenvalue weighted by molar-refractivity contribution is -0.142. The molecule has 0 spiro atoms. The standard InChI is InChI=1S/C14H20F3N3.ClH/c15-14(16,17)13-11-6-7-18-8-12(11)20(19-13)9-10-4-2-1-3-5-10;/h10,18H,1-9H2;1H. The minimum Gasteiger partial charge on any atom is -0.311 e. The van der Waals surface area contributed by atoms with Crippen molar-refractivity contribution >= 4 is 12.4 Å². The number of nitrogens with one attached hydrogen (secondary N) is 1. The van der Waals surface area contributed by atoms with Gasteiger partial charge in [-0.15, -0.1) is 12.4 Å². The minimum absolute atomic E-state index is 0. The Kier molecular flexibility index (Phi) is 5.20. The first-order chi connectivity index (χ1) is 9.55. The van der Waals surface area contributed by atoms with Crippen LogP contribution in [0.4, 0.5) is 13.2 Å². The molecule has 3 nitrogen and oxygen atoms in total. The van der Waals surface area contributed by atoms with Gasteiger partial charge in [-0.2, -0.15) is 18.3 Å². The van der Waals surface area contributed by atoms with Gasteiger partial charge < -0.3 is 5.32 Å². The van der Waals surface area contributed by atoms with Crippen LogP contribution in [0, 0.1) is 5.92 Å². The Bertz CT molecular complexity index is 479. The van der Waals surface area contributed by atoms with E-state index in [0.717, 1.165) is 18.5 Å². The highest BCUT2D eigenvalue weighted by molar-refractivity contribution is 5.85. The van der Waals surface area contributed by atoms with Crippen molar-refractivity contribution in [1.82, 2.24) is 15.1 Å². The van der Waals surface area contributed by atoms with Gasteiger partial charge in [0, 0.05) is 18.7 Å². The summed E-state index contributed by atoms with van der Waals surface area (Å²) in [6.45, 7) is 1.75. The number of hydrogen-bond acceptors (Lipinski definition) is 2. The molecule has 21 heavy (non-hydrogen) atoms. The number of fused-ring (bicyclic) bond motifs is 1. The molecule has 1 saturated carbocycles. The zero-order valence-corrected chi connectivity index (χ0v) is 12.7. The molecule has 3 rings (SSSR count). The maximum atomic E-state index is 13.1. The van der Waals surface area contributed by atoms with Gasteiger partial charge in [0.25, 0.3) is 0 Å². The molecule has 2 heterocycles. The molecule has 0 saturated heterocycles. The molecule has 1 aliphatic heterocycles. The highest BCUT2D eigenvalue weighted by Gasteiger charge is 2.39. The van der Waals surface area contributed by atoms with Gasteiger partial charge in [-0.25, -0.2) is 0 Å². The van der Waals surface area contributed by atoms with Crippen LogP contribution in [0.15, 0.2) is 0 Å². The van der Waals surface area contributed by atoms with E-state index >= 15 is 0 Å². The van der Waals surface area contributed by atoms with Crippen molar-refractivity contribution in [3.63, 3.8) is 0 Å². The van der Waals surface area contributed by atoms with Crippen LogP contribution < -0.4 is 5.32 Å². The lowest BCUT2D eigenvalue weighted by atomic mass is 9.89. The van der Waals surface area contributed by atoms with E-state index < -0.39 is 11.9 Å². The van der Waals surface area contributed by atoms with Gasteiger partial charge in [0.1, 0.15) is 0 Å².